The van der Waals surface area contributed by atoms with E-state index in [1.54, 1.807) is 11.3 Å². The summed E-state index contributed by atoms with van der Waals surface area (Å²) >= 11 is 7.90. The van der Waals surface area contributed by atoms with Crippen molar-refractivity contribution in [2.75, 3.05) is 0 Å². The van der Waals surface area contributed by atoms with Crippen LogP contribution in [0.1, 0.15) is 22.7 Å². The van der Waals surface area contributed by atoms with Gasteiger partial charge in [0.2, 0.25) is 0 Å². The van der Waals surface area contributed by atoms with Gasteiger partial charge in [-0.1, -0.05) is 60.1 Å². The molecule has 3 heterocycles. The van der Waals surface area contributed by atoms with Gasteiger partial charge in [-0.15, -0.1) is 11.3 Å². The number of hydrogen-bond donors (Lipinski definition) is 0. The quantitative estimate of drug-likeness (QED) is 0.408. The molecule has 1 aliphatic rings. The minimum Gasteiger partial charge on any atom is -0.292 e. The van der Waals surface area contributed by atoms with E-state index in [1.165, 1.54) is 0 Å². The smallest absolute Gasteiger partial charge is 0.263 e. The Kier molecular flexibility index (Phi) is 4.18. The number of aryl methyl sites for hydroxylation is 1. The highest BCUT2D eigenvalue weighted by Gasteiger charge is 2.24. The molecule has 28 heavy (non-hydrogen) atoms. The van der Waals surface area contributed by atoms with E-state index in [0.717, 1.165) is 49.6 Å². The summed E-state index contributed by atoms with van der Waals surface area (Å²) in [5, 5.41) is 1.44. The van der Waals surface area contributed by atoms with Crippen LogP contribution in [-0.4, -0.2) is 9.55 Å². The van der Waals surface area contributed by atoms with Crippen molar-refractivity contribution in [1.82, 2.24) is 9.55 Å². The maximum atomic E-state index is 13.4. The van der Waals surface area contributed by atoms with Crippen molar-refractivity contribution in [3.8, 4) is 11.1 Å². The molecule has 0 unspecified atom stereocenters. The Hall–Kier alpha value is -2.69. The summed E-state index contributed by atoms with van der Waals surface area (Å²) in [6.07, 6.45) is 2.84. The lowest BCUT2D eigenvalue weighted by atomic mass is 10.0. The van der Waals surface area contributed by atoms with E-state index >= 15 is 0 Å². The van der Waals surface area contributed by atoms with Crippen LogP contribution in [0.3, 0.4) is 0 Å². The average molecular weight is 405 g/mol. The van der Waals surface area contributed by atoms with Crippen molar-refractivity contribution in [3.63, 3.8) is 0 Å². The summed E-state index contributed by atoms with van der Waals surface area (Å²) < 4.78 is 1.81. The second kappa shape index (κ2) is 6.73. The highest BCUT2D eigenvalue weighted by atomic mass is 35.5. The zero-order chi connectivity index (χ0) is 19.3. The maximum Gasteiger partial charge on any atom is 0.263 e. The van der Waals surface area contributed by atoms with Crippen LogP contribution in [-0.2, 0) is 6.54 Å². The molecule has 0 saturated carbocycles. The van der Waals surface area contributed by atoms with Gasteiger partial charge in [0.25, 0.3) is 5.56 Å². The molecule has 0 bridgehead atoms. The number of benzene rings is 2. The number of rotatable bonds is 2. The third-order valence-corrected chi connectivity index (χ3v) is 6.52. The molecule has 0 amide bonds. The van der Waals surface area contributed by atoms with Gasteiger partial charge in [0.05, 0.1) is 5.39 Å². The number of thiophene rings is 1. The summed E-state index contributed by atoms with van der Waals surface area (Å²) in [7, 11) is 0. The highest BCUT2D eigenvalue weighted by Crippen LogP contribution is 2.37. The van der Waals surface area contributed by atoms with E-state index in [1.807, 2.05) is 47.0 Å². The number of aromatic nitrogens is 2. The van der Waals surface area contributed by atoms with Gasteiger partial charge in [0.15, 0.2) is 0 Å². The maximum absolute atomic E-state index is 13.4. The topological polar surface area (TPSA) is 34.9 Å². The monoisotopic (exact) mass is 404 g/mol. The molecule has 0 N–H and O–H groups in total. The second-order valence-corrected chi connectivity index (χ2v) is 8.52. The summed E-state index contributed by atoms with van der Waals surface area (Å²) in [4.78, 5) is 20.2. The third kappa shape index (κ3) is 2.72. The van der Waals surface area contributed by atoms with E-state index in [9.17, 15) is 4.79 Å². The molecule has 0 atom stereocenters. The predicted molar refractivity (Wildman–Crippen MR) is 118 cm³/mol. The molecule has 0 aliphatic carbocycles. The van der Waals surface area contributed by atoms with Crippen molar-refractivity contribution in [2.24, 2.45) is 0 Å². The van der Waals surface area contributed by atoms with Gasteiger partial charge in [0.1, 0.15) is 10.7 Å². The Bertz CT molecular complexity index is 1300. The molecule has 0 spiro atoms. The second-order valence-electron chi connectivity index (χ2n) is 6.91. The summed E-state index contributed by atoms with van der Waals surface area (Å²) in [6, 6.07) is 17.8. The minimum absolute atomic E-state index is 0.0470. The lowest BCUT2D eigenvalue weighted by Crippen LogP contribution is -2.20. The highest BCUT2D eigenvalue weighted by molar-refractivity contribution is 7.19. The molecular weight excluding hydrogens is 388 g/mol. The molecule has 5 rings (SSSR count). The van der Waals surface area contributed by atoms with Gasteiger partial charge in [-0.2, -0.15) is 0 Å². The van der Waals surface area contributed by atoms with E-state index in [0.29, 0.717) is 11.6 Å². The van der Waals surface area contributed by atoms with Crippen molar-refractivity contribution >= 4 is 44.8 Å². The molecule has 5 heteroatoms. The van der Waals surface area contributed by atoms with Crippen molar-refractivity contribution < 1.29 is 0 Å². The SMILES string of the molecule is Cc1sc2nc3n(c(=O)c2c1-c1ccccc1)CCC3=Cc1ccccc1Cl. The molecule has 0 radical (unpaired) electrons. The van der Waals surface area contributed by atoms with Crippen molar-refractivity contribution in [2.45, 2.75) is 19.9 Å². The molecule has 0 fully saturated rings. The van der Waals surface area contributed by atoms with Crippen molar-refractivity contribution in [3.05, 3.63) is 86.2 Å². The molecular formula is C23H17ClN2OS. The Morgan fingerprint density at radius 2 is 1.86 bits per heavy atom. The first-order chi connectivity index (χ1) is 13.6. The number of fused-ring (bicyclic) bond motifs is 2. The standard InChI is InChI=1S/C23H17ClN2OS/c1-14-19(15-7-3-2-4-8-15)20-22(28-14)25-21-17(11-12-26(21)23(20)27)13-16-9-5-6-10-18(16)24/h2-10,13H,11-12H2,1H3. The van der Waals surface area contributed by atoms with Crippen LogP contribution in [0.5, 0.6) is 0 Å². The van der Waals surface area contributed by atoms with Gasteiger partial charge >= 0.3 is 0 Å². The first kappa shape index (κ1) is 17.4. The van der Waals surface area contributed by atoms with Crippen molar-refractivity contribution in [1.29, 1.82) is 0 Å². The molecule has 1 aliphatic heterocycles. The van der Waals surface area contributed by atoms with Gasteiger partial charge in [-0.3, -0.25) is 9.36 Å². The number of halogens is 1. The van der Waals surface area contributed by atoms with Gasteiger partial charge < -0.3 is 0 Å². The third-order valence-electron chi connectivity index (χ3n) is 5.18. The van der Waals surface area contributed by atoms with Crippen LogP contribution < -0.4 is 5.56 Å². The van der Waals surface area contributed by atoms with Gasteiger partial charge in [0, 0.05) is 22.0 Å². The van der Waals surface area contributed by atoms with Crippen LogP contribution in [0.25, 0.3) is 33.0 Å². The number of hydrogen-bond acceptors (Lipinski definition) is 3. The Morgan fingerprint density at radius 1 is 1.11 bits per heavy atom. The number of nitrogens with zero attached hydrogens (tertiary/aromatic N) is 2. The van der Waals surface area contributed by atoms with Gasteiger partial charge in [-0.25, -0.2) is 4.98 Å². The van der Waals surface area contributed by atoms with Crippen LogP contribution in [0.4, 0.5) is 0 Å². The fourth-order valence-corrected chi connectivity index (χ4v) is 5.09. The molecule has 2 aromatic carbocycles. The Labute approximate surface area is 171 Å². The van der Waals surface area contributed by atoms with Crippen LogP contribution in [0.15, 0.2) is 59.4 Å². The first-order valence-electron chi connectivity index (χ1n) is 9.18. The van der Waals surface area contributed by atoms with Gasteiger partial charge in [-0.05, 0) is 42.2 Å². The fourth-order valence-electron chi connectivity index (χ4n) is 3.86. The molecule has 138 valence electrons. The van der Waals surface area contributed by atoms with E-state index < -0.39 is 0 Å². The summed E-state index contributed by atoms with van der Waals surface area (Å²) in [5.41, 5.74) is 4.13. The molecule has 3 nitrogen and oxygen atoms in total. The molecule has 2 aromatic heterocycles. The summed E-state index contributed by atoms with van der Waals surface area (Å²) in [6.45, 7) is 2.71. The zero-order valence-corrected chi connectivity index (χ0v) is 16.8. The normalized spacial score (nSPS) is 14.7. The number of allylic oxidation sites excluding steroid dienone is 1. The lowest BCUT2D eigenvalue weighted by molar-refractivity contribution is 0.726. The predicted octanol–water partition coefficient (Wildman–Crippen LogP) is 6.03. The summed E-state index contributed by atoms with van der Waals surface area (Å²) in [5.74, 6) is 0.762. The lowest BCUT2D eigenvalue weighted by Gasteiger charge is -2.06. The Morgan fingerprint density at radius 3 is 2.64 bits per heavy atom. The first-order valence-corrected chi connectivity index (χ1v) is 10.4. The van der Waals surface area contributed by atoms with Crippen LogP contribution in [0.2, 0.25) is 5.02 Å². The Balaban J connectivity index is 1.73. The average Bonchev–Trinajstić information content (AvgIpc) is 3.25. The van der Waals surface area contributed by atoms with Crippen LogP contribution in [0, 0.1) is 6.92 Å². The minimum atomic E-state index is 0.0470. The van der Waals surface area contributed by atoms with E-state index in [2.05, 4.69) is 25.1 Å². The molecule has 4 aromatic rings. The largest absolute Gasteiger partial charge is 0.292 e. The zero-order valence-electron chi connectivity index (χ0n) is 15.3. The van der Waals surface area contributed by atoms with E-state index in [4.69, 9.17) is 16.6 Å². The fraction of sp³-hybridized carbons (Fsp3) is 0.130. The van der Waals surface area contributed by atoms with Crippen LogP contribution >= 0.6 is 22.9 Å². The molecule has 0 saturated heterocycles. The van der Waals surface area contributed by atoms with E-state index in [-0.39, 0.29) is 5.56 Å².